The largest absolute Gasteiger partial charge is 0.481 e. The summed E-state index contributed by atoms with van der Waals surface area (Å²) >= 11 is 0. The number of alkyl carbamates (subject to hydrolysis) is 1. The van der Waals surface area contributed by atoms with Crippen LogP contribution in [0.25, 0.3) is 11.1 Å². The van der Waals surface area contributed by atoms with Crippen LogP contribution in [0.15, 0.2) is 48.5 Å². The van der Waals surface area contributed by atoms with E-state index >= 15 is 0 Å². The first-order chi connectivity index (χ1) is 16.8. The number of fused-ring (bicyclic) bond motifs is 3. The third kappa shape index (κ3) is 5.84. The van der Waals surface area contributed by atoms with Crippen molar-refractivity contribution in [3.63, 3.8) is 0 Å². The number of carbonyl (C=O) groups is 3. The van der Waals surface area contributed by atoms with Crippen LogP contribution in [0.1, 0.15) is 50.2 Å². The minimum Gasteiger partial charge on any atom is -0.481 e. The number of rotatable bonds is 9. The van der Waals surface area contributed by atoms with E-state index in [-0.39, 0.29) is 49.2 Å². The van der Waals surface area contributed by atoms with E-state index in [0.717, 1.165) is 11.1 Å². The van der Waals surface area contributed by atoms with Crippen molar-refractivity contribution in [3.05, 3.63) is 59.7 Å². The molecule has 0 saturated carbocycles. The second-order valence-electron chi connectivity index (χ2n) is 10.1. The van der Waals surface area contributed by atoms with Gasteiger partial charge in [0.05, 0.1) is 5.92 Å². The number of benzene rings is 2. The highest BCUT2D eigenvalue weighted by atomic mass is 16.5. The minimum atomic E-state index is -0.833. The van der Waals surface area contributed by atoms with E-state index in [9.17, 15) is 14.4 Å². The fourth-order valence-electron chi connectivity index (χ4n) is 5.40. The highest BCUT2D eigenvalue weighted by Gasteiger charge is 2.33. The number of ether oxygens (including phenoxy) is 1. The van der Waals surface area contributed by atoms with Crippen LogP contribution in [0.3, 0.4) is 0 Å². The molecule has 7 nitrogen and oxygen atoms in total. The van der Waals surface area contributed by atoms with Crippen molar-refractivity contribution in [2.45, 2.75) is 39.0 Å². The number of amides is 2. The van der Waals surface area contributed by atoms with Gasteiger partial charge in [0.2, 0.25) is 5.91 Å². The van der Waals surface area contributed by atoms with E-state index < -0.39 is 12.1 Å². The molecule has 2 unspecified atom stereocenters. The summed E-state index contributed by atoms with van der Waals surface area (Å²) in [5.41, 5.74) is 4.65. The zero-order chi connectivity index (χ0) is 24.9. The molecule has 1 heterocycles. The van der Waals surface area contributed by atoms with E-state index in [1.165, 1.54) is 11.1 Å². The van der Waals surface area contributed by atoms with Crippen LogP contribution in [-0.2, 0) is 14.3 Å². The summed E-state index contributed by atoms with van der Waals surface area (Å²) in [4.78, 5) is 38.5. The average Bonchev–Trinajstić information content (AvgIpc) is 3.42. The molecule has 1 saturated heterocycles. The summed E-state index contributed by atoms with van der Waals surface area (Å²) in [7, 11) is 0. The molecule has 4 rings (SSSR count). The molecule has 35 heavy (non-hydrogen) atoms. The van der Waals surface area contributed by atoms with Crippen molar-refractivity contribution < 1.29 is 24.2 Å². The van der Waals surface area contributed by atoms with Crippen LogP contribution in [0.5, 0.6) is 0 Å². The standard InChI is InChI=1S/C28H34N2O5/c1-18(2)13-20(27(33)30-12-11-19(16-30)14-26(31)32)15-29-28(34)35-17-25-23-9-5-3-7-21(23)22-8-4-6-10-24(22)25/h3-10,18-20,25H,11-17H2,1-2H3,(H,29,34)(H,31,32). The van der Waals surface area contributed by atoms with Gasteiger partial charge in [-0.25, -0.2) is 4.79 Å². The lowest BCUT2D eigenvalue weighted by molar-refractivity contribution is -0.139. The van der Waals surface area contributed by atoms with Crippen LogP contribution in [-0.4, -0.2) is 54.2 Å². The highest BCUT2D eigenvalue weighted by Crippen LogP contribution is 2.44. The van der Waals surface area contributed by atoms with Crippen molar-refractivity contribution >= 4 is 18.0 Å². The summed E-state index contributed by atoms with van der Waals surface area (Å²) in [5.74, 6) is -0.960. The van der Waals surface area contributed by atoms with Crippen LogP contribution in [0.4, 0.5) is 4.79 Å². The summed E-state index contributed by atoms with van der Waals surface area (Å²) < 4.78 is 5.62. The molecule has 7 heteroatoms. The molecule has 2 atom stereocenters. The first kappa shape index (κ1) is 24.8. The molecule has 2 aromatic carbocycles. The number of aliphatic carboxylic acids is 1. The van der Waals surface area contributed by atoms with Crippen molar-refractivity contribution in [3.8, 4) is 11.1 Å². The van der Waals surface area contributed by atoms with Crippen LogP contribution in [0.2, 0.25) is 0 Å². The van der Waals surface area contributed by atoms with Gasteiger partial charge in [0.1, 0.15) is 6.61 Å². The summed E-state index contributed by atoms with van der Waals surface area (Å²) in [6, 6.07) is 16.4. The Morgan fingerprint density at radius 3 is 2.29 bits per heavy atom. The molecule has 1 aliphatic heterocycles. The number of carboxylic acid groups (broad SMARTS) is 1. The Morgan fingerprint density at radius 2 is 1.69 bits per heavy atom. The van der Waals surface area contributed by atoms with Gasteiger partial charge < -0.3 is 20.1 Å². The maximum Gasteiger partial charge on any atom is 0.407 e. The van der Waals surface area contributed by atoms with Gasteiger partial charge in [-0.05, 0) is 46.9 Å². The lowest BCUT2D eigenvalue weighted by atomic mass is 9.95. The Bertz CT molecular complexity index is 1040. The molecular weight excluding hydrogens is 444 g/mol. The zero-order valence-corrected chi connectivity index (χ0v) is 20.4. The zero-order valence-electron chi connectivity index (χ0n) is 20.4. The highest BCUT2D eigenvalue weighted by molar-refractivity contribution is 5.81. The Morgan fingerprint density at radius 1 is 1.06 bits per heavy atom. The molecule has 0 spiro atoms. The van der Waals surface area contributed by atoms with Gasteiger partial charge in [-0.2, -0.15) is 0 Å². The van der Waals surface area contributed by atoms with Gasteiger partial charge in [0, 0.05) is 32.0 Å². The van der Waals surface area contributed by atoms with Crippen LogP contribution >= 0.6 is 0 Å². The second-order valence-corrected chi connectivity index (χ2v) is 10.1. The van der Waals surface area contributed by atoms with Crippen molar-refractivity contribution in [1.82, 2.24) is 10.2 Å². The molecule has 186 valence electrons. The number of hydrogen-bond donors (Lipinski definition) is 2. The fourth-order valence-corrected chi connectivity index (χ4v) is 5.40. The van der Waals surface area contributed by atoms with Gasteiger partial charge in [-0.3, -0.25) is 9.59 Å². The van der Waals surface area contributed by atoms with E-state index in [1.54, 1.807) is 4.90 Å². The molecule has 2 aliphatic rings. The lowest BCUT2D eigenvalue weighted by Gasteiger charge is -2.25. The maximum absolute atomic E-state index is 13.2. The average molecular weight is 479 g/mol. The lowest BCUT2D eigenvalue weighted by Crippen LogP contribution is -2.41. The van der Waals surface area contributed by atoms with Crippen molar-refractivity contribution in [1.29, 1.82) is 0 Å². The van der Waals surface area contributed by atoms with E-state index in [1.807, 2.05) is 38.1 Å². The van der Waals surface area contributed by atoms with Gasteiger partial charge >= 0.3 is 12.1 Å². The fraction of sp³-hybridized carbons (Fsp3) is 0.464. The number of nitrogens with one attached hydrogen (secondary N) is 1. The third-order valence-electron chi connectivity index (χ3n) is 7.00. The number of hydrogen-bond acceptors (Lipinski definition) is 4. The Balaban J connectivity index is 1.33. The summed E-state index contributed by atoms with van der Waals surface area (Å²) in [5, 5.41) is 11.9. The van der Waals surface area contributed by atoms with Gasteiger partial charge in [0.15, 0.2) is 0 Å². The number of carbonyl (C=O) groups excluding carboxylic acids is 2. The van der Waals surface area contributed by atoms with Crippen molar-refractivity contribution in [2.75, 3.05) is 26.2 Å². The predicted octanol–water partition coefficient (Wildman–Crippen LogP) is 4.51. The van der Waals surface area contributed by atoms with Gasteiger partial charge in [0.25, 0.3) is 0 Å². The molecule has 1 aliphatic carbocycles. The molecule has 2 amide bonds. The second kappa shape index (κ2) is 10.9. The van der Waals surface area contributed by atoms with E-state index in [0.29, 0.717) is 25.9 Å². The summed E-state index contributed by atoms with van der Waals surface area (Å²) in [6.45, 7) is 5.55. The topological polar surface area (TPSA) is 95.9 Å². The van der Waals surface area contributed by atoms with E-state index in [2.05, 4.69) is 29.6 Å². The van der Waals surface area contributed by atoms with Gasteiger partial charge in [-0.15, -0.1) is 0 Å². The molecule has 2 aromatic rings. The predicted molar refractivity (Wildman–Crippen MR) is 133 cm³/mol. The molecule has 2 N–H and O–H groups in total. The first-order valence-electron chi connectivity index (χ1n) is 12.4. The molecule has 0 radical (unpaired) electrons. The van der Waals surface area contributed by atoms with E-state index in [4.69, 9.17) is 9.84 Å². The monoisotopic (exact) mass is 478 g/mol. The van der Waals surface area contributed by atoms with Crippen LogP contribution in [0, 0.1) is 17.8 Å². The number of nitrogens with zero attached hydrogens (tertiary/aromatic N) is 1. The quantitative estimate of drug-likeness (QED) is 0.553. The first-order valence-corrected chi connectivity index (χ1v) is 12.4. The normalized spacial score (nSPS) is 17.7. The third-order valence-corrected chi connectivity index (χ3v) is 7.00. The number of likely N-dealkylation sites (tertiary alicyclic amines) is 1. The Kier molecular flexibility index (Phi) is 7.73. The molecular formula is C28H34N2O5. The van der Waals surface area contributed by atoms with Crippen molar-refractivity contribution in [2.24, 2.45) is 17.8 Å². The van der Waals surface area contributed by atoms with Crippen LogP contribution < -0.4 is 5.32 Å². The molecule has 0 aromatic heterocycles. The van der Waals surface area contributed by atoms with Gasteiger partial charge in [-0.1, -0.05) is 62.4 Å². The number of carboxylic acids is 1. The molecule has 1 fully saturated rings. The Labute approximate surface area is 206 Å². The Hall–Kier alpha value is -3.35. The smallest absolute Gasteiger partial charge is 0.407 e. The summed E-state index contributed by atoms with van der Waals surface area (Å²) in [6.07, 6.45) is 0.893. The SMILES string of the molecule is CC(C)CC(CNC(=O)OCC1c2ccccc2-c2ccccc21)C(=O)N1CCC(CC(=O)O)C1. The minimum absolute atomic E-state index is 0.00811. The molecule has 0 bridgehead atoms. The maximum atomic E-state index is 13.2.